The molecule has 148 valence electrons. The van der Waals surface area contributed by atoms with Crippen LogP contribution in [-0.4, -0.2) is 15.8 Å². The molecule has 0 fully saturated rings. The zero-order valence-electron chi connectivity index (χ0n) is 16.8. The van der Waals surface area contributed by atoms with Gasteiger partial charge in [0, 0.05) is 18.0 Å². The van der Waals surface area contributed by atoms with E-state index in [0.29, 0.717) is 11.4 Å². The van der Waals surface area contributed by atoms with Gasteiger partial charge in [0.1, 0.15) is 5.82 Å². The average Bonchev–Trinajstić information content (AvgIpc) is 2.81. The van der Waals surface area contributed by atoms with E-state index in [1.165, 1.54) is 0 Å². The molecule has 4 nitrogen and oxygen atoms in total. The van der Waals surface area contributed by atoms with Crippen LogP contribution in [-0.2, 0) is 0 Å². The van der Waals surface area contributed by atoms with Gasteiger partial charge in [0.25, 0.3) is 0 Å². The van der Waals surface area contributed by atoms with Crippen LogP contribution in [0.2, 0.25) is 0 Å². The van der Waals surface area contributed by atoms with Crippen LogP contribution in [0.3, 0.4) is 0 Å². The minimum absolute atomic E-state index is 0.0194. The fourth-order valence-electron chi connectivity index (χ4n) is 3.68. The zero-order valence-corrected chi connectivity index (χ0v) is 16.8. The summed E-state index contributed by atoms with van der Waals surface area (Å²) in [6.45, 7) is 2.06. The molecule has 0 spiro atoms. The summed E-state index contributed by atoms with van der Waals surface area (Å²) in [6, 6.07) is 28.6. The molecule has 4 rings (SSSR count). The molecule has 0 radical (unpaired) electrons. The van der Waals surface area contributed by atoms with E-state index in [2.05, 4.69) is 34.3 Å². The molecule has 0 amide bonds. The maximum atomic E-state index is 13.8. The van der Waals surface area contributed by atoms with Gasteiger partial charge in [0.2, 0.25) is 0 Å². The Labute approximate surface area is 176 Å². The molecular formula is C26H23N3O. The summed E-state index contributed by atoms with van der Waals surface area (Å²) in [4.78, 5) is 22.8. The molecule has 0 saturated carbocycles. The smallest absolute Gasteiger partial charge is 0.174 e. The number of aromatic nitrogens is 2. The summed E-state index contributed by atoms with van der Waals surface area (Å²) in [5, 5.41) is 3.51. The summed E-state index contributed by atoms with van der Waals surface area (Å²) in [7, 11) is 0. The van der Waals surface area contributed by atoms with Crippen LogP contribution in [0.4, 0.5) is 5.82 Å². The fourth-order valence-corrected chi connectivity index (χ4v) is 3.68. The van der Waals surface area contributed by atoms with Crippen molar-refractivity contribution in [2.45, 2.75) is 18.9 Å². The van der Waals surface area contributed by atoms with Gasteiger partial charge >= 0.3 is 0 Å². The summed E-state index contributed by atoms with van der Waals surface area (Å²) in [6.07, 6.45) is 3.47. The summed E-state index contributed by atoms with van der Waals surface area (Å²) in [5.74, 6) is 0.218. The standard InChI is InChI=1S/C26H23N3O/c1-19-11-5-6-14-21(19)25(29-23-16-8-10-18-28-23)24(22-15-7-9-17-27-22)26(30)20-12-3-2-4-13-20/h2-18,24-25H,1H3,(H,28,29)/t24-,25+/m0/s1. The molecule has 2 atom stereocenters. The van der Waals surface area contributed by atoms with Crippen LogP contribution in [0.1, 0.15) is 39.1 Å². The minimum Gasteiger partial charge on any atom is -0.362 e. The number of ketones is 1. The second-order valence-corrected chi connectivity index (χ2v) is 7.16. The Hall–Kier alpha value is -3.79. The second-order valence-electron chi connectivity index (χ2n) is 7.16. The van der Waals surface area contributed by atoms with E-state index in [1.54, 1.807) is 12.4 Å². The van der Waals surface area contributed by atoms with Gasteiger partial charge < -0.3 is 5.32 Å². The molecule has 30 heavy (non-hydrogen) atoms. The third-order valence-electron chi connectivity index (χ3n) is 5.17. The van der Waals surface area contributed by atoms with E-state index < -0.39 is 5.92 Å². The van der Waals surface area contributed by atoms with Crippen molar-refractivity contribution in [2.75, 3.05) is 5.32 Å². The summed E-state index contributed by atoms with van der Waals surface area (Å²) < 4.78 is 0. The SMILES string of the molecule is Cc1ccccc1[C@@H](Nc1ccccn1)[C@@H](C(=O)c1ccccc1)c1ccccn1. The molecule has 4 heteroatoms. The van der Waals surface area contributed by atoms with Gasteiger partial charge in [-0.1, -0.05) is 66.7 Å². The number of aryl methyl sites for hydroxylation is 1. The first-order valence-electron chi connectivity index (χ1n) is 9.97. The molecule has 0 aliphatic carbocycles. The number of nitrogens with zero attached hydrogens (tertiary/aromatic N) is 2. The number of hydrogen-bond acceptors (Lipinski definition) is 4. The van der Waals surface area contributed by atoms with Crippen molar-refractivity contribution in [3.05, 3.63) is 126 Å². The van der Waals surface area contributed by atoms with Gasteiger partial charge in [0.05, 0.1) is 17.7 Å². The summed E-state index contributed by atoms with van der Waals surface area (Å²) >= 11 is 0. The van der Waals surface area contributed by atoms with Crippen molar-refractivity contribution in [2.24, 2.45) is 0 Å². The number of Topliss-reactive ketones (excluding diaryl/α,β-unsaturated/α-hetero) is 1. The lowest BCUT2D eigenvalue weighted by Gasteiger charge is -2.29. The minimum atomic E-state index is -0.517. The van der Waals surface area contributed by atoms with E-state index in [9.17, 15) is 4.79 Å². The van der Waals surface area contributed by atoms with Crippen LogP contribution < -0.4 is 5.32 Å². The highest BCUT2D eigenvalue weighted by Crippen LogP contribution is 2.36. The van der Waals surface area contributed by atoms with Gasteiger partial charge in [-0.3, -0.25) is 9.78 Å². The van der Waals surface area contributed by atoms with Crippen LogP contribution >= 0.6 is 0 Å². The lowest BCUT2D eigenvalue weighted by molar-refractivity contribution is 0.0948. The van der Waals surface area contributed by atoms with E-state index in [1.807, 2.05) is 78.9 Å². The normalized spacial score (nSPS) is 12.7. The predicted octanol–water partition coefficient (Wildman–Crippen LogP) is 5.60. The first-order chi connectivity index (χ1) is 14.7. The number of rotatable bonds is 7. The van der Waals surface area contributed by atoms with Crippen molar-refractivity contribution < 1.29 is 4.79 Å². The Bertz CT molecular complexity index is 1100. The fraction of sp³-hybridized carbons (Fsp3) is 0.115. The Kier molecular flexibility index (Phi) is 5.95. The van der Waals surface area contributed by atoms with Crippen molar-refractivity contribution in [1.82, 2.24) is 9.97 Å². The number of hydrogen-bond donors (Lipinski definition) is 1. The molecule has 0 aliphatic heterocycles. The predicted molar refractivity (Wildman–Crippen MR) is 120 cm³/mol. The highest BCUT2D eigenvalue weighted by atomic mass is 16.1. The lowest BCUT2D eigenvalue weighted by Crippen LogP contribution is -2.28. The molecule has 1 N–H and O–H groups in total. The number of benzene rings is 2. The van der Waals surface area contributed by atoms with E-state index >= 15 is 0 Å². The largest absolute Gasteiger partial charge is 0.362 e. The van der Waals surface area contributed by atoms with Crippen molar-refractivity contribution in [1.29, 1.82) is 0 Å². The van der Waals surface area contributed by atoms with Crippen LogP contribution in [0.5, 0.6) is 0 Å². The van der Waals surface area contributed by atoms with Gasteiger partial charge in [-0.05, 0) is 42.3 Å². The van der Waals surface area contributed by atoms with Gasteiger partial charge in [0.15, 0.2) is 5.78 Å². The first kappa shape index (κ1) is 19.5. The third kappa shape index (κ3) is 4.28. The maximum absolute atomic E-state index is 13.8. The zero-order chi connectivity index (χ0) is 20.8. The monoisotopic (exact) mass is 393 g/mol. The Morgan fingerprint density at radius 2 is 1.43 bits per heavy atom. The number of carbonyl (C=O) groups excluding carboxylic acids is 1. The molecular weight excluding hydrogens is 370 g/mol. The van der Waals surface area contributed by atoms with E-state index in [-0.39, 0.29) is 11.8 Å². The number of nitrogens with one attached hydrogen (secondary N) is 1. The van der Waals surface area contributed by atoms with Gasteiger partial charge in [-0.2, -0.15) is 0 Å². The highest BCUT2D eigenvalue weighted by Gasteiger charge is 2.34. The maximum Gasteiger partial charge on any atom is 0.174 e. The van der Waals surface area contributed by atoms with Crippen LogP contribution in [0, 0.1) is 6.92 Å². The third-order valence-corrected chi connectivity index (χ3v) is 5.17. The average molecular weight is 393 g/mol. The number of carbonyl (C=O) groups is 1. The van der Waals surface area contributed by atoms with Crippen molar-refractivity contribution in [3.8, 4) is 0 Å². The lowest BCUT2D eigenvalue weighted by atomic mass is 9.82. The summed E-state index contributed by atoms with van der Waals surface area (Å²) in [5.41, 5.74) is 3.54. The van der Waals surface area contributed by atoms with Crippen molar-refractivity contribution in [3.63, 3.8) is 0 Å². The van der Waals surface area contributed by atoms with Gasteiger partial charge in [-0.25, -0.2) is 4.98 Å². The van der Waals surface area contributed by atoms with Crippen LogP contribution in [0.25, 0.3) is 0 Å². The van der Waals surface area contributed by atoms with Crippen molar-refractivity contribution >= 4 is 11.6 Å². The molecule has 0 bridgehead atoms. The molecule has 0 unspecified atom stereocenters. The molecule has 4 aromatic rings. The quantitative estimate of drug-likeness (QED) is 0.415. The molecule has 2 aromatic heterocycles. The Morgan fingerprint density at radius 3 is 2.10 bits per heavy atom. The van der Waals surface area contributed by atoms with Crippen LogP contribution in [0.15, 0.2) is 103 Å². The molecule has 2 heterocycles. The van der Waals surface area contributed by atoms with Gasteiger partial charge in [-0.15, -0.1) is 0 Å². The number of pyridine rings is 2. The first-order valence-corrected chi connectivity index (χ1v) is 9.97. The Morgan fingerprint density at radius 1 is 0.767 bits per heavy atom. The highest BCUT2D eigenvalue weighted by molar-refractivity contribution is 6.01. The second kappa shape index (κ2) is 9.14. The molecule has 2 aromatic carbocycles. The Balaban J connectivity index is 1.86. The molecule has 0 saturated heterocycles. The van der Waals surface area contributed by atoms with E-state index in [4.69, 9.17) is 0 Å². The number of anilines is 1. The topological polar surface area (TPSA) is 54.9 Å². The van der Waals surface area contributed by atoms with E-state index in [0.717, 1.165) is 16.8 Å². The molecule has 0 aliphatic rings.